The Morgan fingerprint density at radius 2 is 1.96 bits per heavy atom. The smallest absolute Gasteiger partial charge is 0.119 e. The van der Waals surface area contributed by atoms with Gasteiger partial charge in [0.25, 0.3) is 0 Å². The van der Waals surface area contributed by atoms with Crippen molar-refractivity contribution in [3.63, 3.8) is 0 Å². The molecule has 0 aliphatic heterocycles. The van der Waals surface area contributed by atoms with Crippen molar-refractivity contribution in [1.29, 1.82) is 0 Å². The van der Waals surface area contributed by atoms with Crippen molar-refractivity contribution in [3.05, 3.63) is 64.7 Å². The molecule has 0 saturated heterocycles. The van der Waals surface area contributed by atoms with E-state index in [0.29, 0.717) is 19.7 Å². The Bertz CT molecular complexity index is 636. The lowest BCUT2D eigenvalue weighted by molar-refractivity contribution is 0.0127. The molecule has 0 aliphatic rings. The summed E-state index contributed by atoms with van der Waals surface area (Å²) in [4.78, 5) is 2.03. The Morgan fingerprint density at radius 3 is 2.71 bits per heavy atom. The number of nitrogens with zero attached hydrogens (tertiary/aromatic N) is 1. The van der Waals surface area contributed by atoms with E-state index in [1.165, 1.54) is 0 Å². The number of hydrogen-bond donors (Lipinski definition) is 1. The molecule has 0 saturated carbocycles. The molecule has 0 amide bonds. The summed E-state index contributed by atoms with van der Waals surface area (Å²) in [5.41, 5.74) is 2.07. The van der Waals surface area contributed by atoms with Crippen LogP contribution in [0.2, 0.25) is 5.02 Å². The number of rotatable bonds is 9. The molecule has 0 fully saturated rings. The average Bonchev–Trinajstić information content (AvgIpc) is 2.57. The van der Waals surface area contributed by atoms with Crippen molar-refractivity contribution in [2.24, 2.45) is 0 Å². The maximum atomic E-state index is 10.1. The predicted octanol–water partition coefficient (Wildman–Crippen LogP) is 3.36. The summed E-state index contributed by atoms with van der Waals surface area (Å²) in [5.74, 6) is 0.802. The summed E-state index contributed by atoms with van der Waals surface area (Å²) in [5, 5.41) is 10.9. The van der Waals surface area contributed by atoms with E-state index in [4.69, 9.17) is 21.1 Å². The van der Waals surface area contributed by atoms with Gasteiger partial charge >= 0.3 is 0 Å². The van der Waals surface area contributed by atoms with Gasteiger partial charge in [0, 0.05) is 18.1 Å². The number of benzene rings is 2. The second kappa shape index (κ2) is 9.64. The topological polar surface area (TPSA) is 41.9 Å². The number of hydrogen-bond acceptors (Lipinski definition) is 4. The van der Waals surface area contributed by atoms with Crippen molar-refractivity contribution >= 4 is 11.6 Å². The standard InChI is InChI=1S/C19H24ClNO3/c1-21(11-16-7-3-4-9-19(16)20)12-17(22)14-24-13-15-6-5-8-18(10-15)23-2/h3-10,17,22H,11-14H2,1-2H3. The summed E-state index contributed by atoms with van der Waals surface area (Å²) < 4.78 is 10.8. The van der Waals surface area contributed by atoms with Crippen LogP contribution in [0.1, 0.15) is 11.1 Å². The first kappa shape index (κ1) is 18.7. The molecular formula is C19H24ClNO3. The van der Waals surface area contributed by atoms with Crippen LogP contribution in [0.15, 0.2) is 48.5 Å². The average molecular weight is 350 g/mol. The van der Waals surface area contributed by atoms with Crippen molar-refractivity contribution in [2.75, 3.05) is 27.3 Å². The number of methoxy groups -OCH3 is 1. The van der Waals surface area contributed by atoms with Gasteiger partial charge < -0.3 is 14.6 Å². The highest BCUT2D eigenvalue weighted by Crippen LogP contribution is 2.16. The molecule has 2 aromatic rings. The monoisotopic (exact) mass is 349 g/mol. The fraction of sp³-hybridized carbons (Fsp3) is 0.368. The van der Waals surface area contributed by atoms with Gasteiger partial charge in [-0.2, -0.15) is 0 Å². The minimum absolute atomic E-state index is 0.282. The maximum absolute atomic E-state index is 10.1. The largest absolute Gasteiger partial charge is 0.497 e. The van der Waals surface area contributed by atoms with Crippen LogP contribution in [0.5, 0.6) is 5.75 Å². The number of halogens is 1. The lowest BCUT2D eigenvalue weighted by Gasteiger charge is -2.21. The van der Waals surface area contributed by atoms with Crippen LogP contribution in [-0.2, 0) is 17.9 Å². The molecule has 0 bridgehead atoms. The lowest BCUT2D eigenvalue weighted by Crippen LogP contribution is -2.31. The second-order valence-corrected chi connectivity index (χ2v) is 6.22. The van der Waals surface area contributed by atoms with Gasteiger partial charge in [-0.05, 0) is 36.4 Å². The quantitative estimate of drug-likeness (QED) is 0.753. The highest BCUT2D eigenvalue weighted by atomic mass is 35.5. The van der Waals surface area contributed by atoms with Gasteiger partial charge in [-0.15, -0.1) is 0 Å². The molecular weight excluding hydrogens is 326 g/mol. The van der Waals surface area contributed by atoms with Crippen LogP contribution in [0.25, 0.3) is 0 Å². The molecule has 0 aromatic heterocycles. The van der Waals surface area contributed by atoms with Gasteiger partial charge in [0.05, 0.1) is 26.4 Å². The van der Waals surface area contributed by atoms with E-state index < -0.39 is 6.10 Å². The Morgan fingerprint density at radius 1 is 1.17 bits per heavy atom. The Labute approximate surface area is 148 Å². The van der Waals surface area contributed by atoms with Crippen molar-refractivity contribution in [2.45, 2.75) is 19.3 Å². The third-order valence-corrected chi connectivity index (χ3v) is 4.00. The predicted molar refractivity (Wildman–Crippen MR) is 96.4 cm³/mol. The van der Waals surface area contributed by atoms with Crippen molar-refractivity contribution in [3.8, 4) is 5.75 Å². The third kappa shape index (κ3) is 6.13. The molecule has 2 rings (SSSR count). The minimum atomic E-state index is -0.553. The van der Waals surface area contributed by atoms with Gasteiger partial charge in [-0.1, -0.05) is 41.9 Å². The van der Waals surface area contributed by atoms with Gasteiger partial charge in [-0.25, -0.2) is 0 Å². The van der Waals surface area contributed by atoms with Crippen molar-refractivity contribution in [1.82, 2.24) is 4.90 Å². The van der Waals surface area contributed by atoms with Crippen LogP contribution in [0.4, 0.5) is 0 Å². The highest BCUT2D eigenvalue weighted by Gasteiger charge is 2.10. The Balaban J connectivity index is 1.72. The van der Waals surface area contributed by atoms with Gasteiger partial charge in [0.1, 0.15) is 5.75 Å². The molecule has 4 nitrogen and oxygen atoms in total. The van der Waals surface area contributed by atoms with Crippen LogP contribution < -0.4 is 4.74 Å². The molecule has 130 valence electrons. The number of aliphatic hydroxyl groups is 1. The normalized spacial score (nSPS) is 12.4. The van der Waals surface area contributed by atoms with E-state index in [-0.39, 0.29) is 6.61 Å². The summed E-state index contributed by atoms with van der Waals surface area (Å²) in [6.07, 6.45) is -0.553. The van der Waals surface area contributed by atoms with Crippen LogP contribution in [-0.4, -0.2) is 43.4 Å². The molecule has 0 spiro atoms. The first-order valence-electron chi connectivity index (χ1n) is 7.89. The zero-order valence-electron chi connectivity index (χ0n) is 14.1. The Hall–Kier alpha value is -1.59. The summed E-state index contributed by atoms with van der Waals surface area (Å²) >= 11 is 6.16. The minimum Gasteiger partial charge on any atom is -0.497 e. The first-order valence-corrected chi connectivity index (χ1v) is 8.27. The van der Waals surface area contributed by atoms with E-state index >= 15 is 0 Å². The number of ether oxygens (including phenoxy) is 2. The summed E-state index contributed by atoms with van der Waals surface area (Å²) in [6.45, 7) is 1.93. The van der Waals surface area contributed by atoms with Gasteiger partial charge in [-0.3, -0.25) is 4.90 Å². The zero-order valence-corrected chi connectivity index (χ0v) is 14.9. The lowest BCUT2D eigenvalue weighted by atomic mass is 10.2. The zero-order chi connectivity index (χ0) is 17.4. The molecule has 0 heterocycles. The molecule has 1 N–H and O–H groups in total. The van der Waals surface area contributed by atoms with E-state index in [2.05, 4.69) is 0 Å². The SMILES string of the molecule is COc1cccc(COCC(O)CN(C)Cc2ccccc2Cl)c1. The maximum Gasteiger partial charge on any atom is 0.119 e. The molecule has 0 radical (unpaired) electrons. The third-order valence-electron chi connectivity index (χ3n) is 3.63. The summed E-state index contributed by atoms with van der Waals surface area (Å²) in [7, 11) is 3.59. The van der Waals surface area contributed by atoms with E-state index in [1.807, 2.05) is 60.5 Å². The van der Waals surface area contributed by atoms with Crippen LogP contribution in [0, 0.1) is 0 Å². The number of likely N-dealkylation sites (N-methyl/N-ethyl adjacent to an activating group) is 1. The fourth-order valence-electron chi connectivity index (χ4n) is 2.47. The number of aliphatic hydroxyl groups excluding tert-OH is 1. The van der Waals surface area contributed by atoms with Gasteiger partial charge in [0.2, 0.25) is 0 Å². The first-order chi connectivity index (χ1) is 11.6. The van der Waals surface area contributed by atoms with Gasteiger partial charge in [0.15, 0.2) is 0 Å². The molecule has 24 heavy (non-hydrogen) atoms. The molecule has 0 aliphatic carbocycles. The fourth-order valence-corrected chi connectivity index (χ4v) is 2.66. The van der Waals surface area contributed by atoms with E-state index in [9.17, 15) is 5.11 Å². The molecule has 1 unspecified atom stereocenters. The van der Waals surface area contributed by atoms with Crippen LogP contribution >= 0.6 is 11.6 Å². The van der Waals surface area contributed by atoms with E-state index in [1.54, 1.807) is 7.11 Å². The van der Waals surface area contributed by atoms with E-state index in [0.717, 1.165) is 21.9 Å². The molecule has 5 heteroatoms. The molecule has 1 atom stereocenters. The van der Waals surface area contributed by atoms with Crippen molar-refractivity contribution < 1.29 is 14.6 Å². The molecule has 2 aromatic carbocycles. The highest BCUT2D eigenvalue weighted by molar-refractivity contribution is 6.31. The Kier molecular flexibility index (Phi) is 7.53. The second-order valence-electron chi connectivity index (χ2n) is 5.81. The summed E-state index contributed by atoms with van der Waals surface area (Å²) in [6, 6.07) is 15.4. The van der Waals surface area contributed by atoms with Crippen LogP contribution in [0.3, 0.4) is 0 Å².